The Hall–Kier alpha value is -4.85. The second-order valence-electron chi connectivity index (χ2n) is 10.5. The minimum atomic E-state index is -0.814. The lowest BCUT2D eigenvalue weighted by atomic mass is 10.0. The molecule has 230 valence electrons. The van der Waals surface area contributed by atoms with Crippen LogP contribution in [0.2, 0.25) is 0 Å². The van der Waals surface area contributed by atoms with Crippen molar-refractivity contribution in [1.29, 1.82) is 0 Å². The van der Waals surface area contributed by atoms with E-state index < -0.39 is 29.4 Å². The van der Waals surface area contributed by atoms with Crippen LogP contribution in [0.1, 0.15) is 27.9 Å². The number of aromatic nitrogens is 3. The molecule has 7 rings (SSSR count). The van der Waals surface area contributed by atoms with Crippen molar-refractivity contribution in [3.63, 3.8) is 0 Å². The number of amides is 2. The van der Waals surface area contributed by atoms with Gasteiger partial charge in [0.15, 0.2) is 11.2 Å². The van der Waals surface area contributed by atoms with E-state index in [1.165, 1.54) is 39.3 Å². The van der Waals surface area contributed by atoms with E-state index in [2.05, 4.69) is 20.5 Å². The molecule has 1 saturated heterocycles. The van der Waals surface area contributed by atoms with Crippen LogP contribution in [0.3, 0.4) is 0 Å². The zero-order chi connectivity index (χ0) is 31.6. The van der Waals surface area contributed by atoms with E-state index in [0.29, 0.717) is 32.2 Å². The molecule has 2 aliphatic heterocycles. The summed E-state index contributed by atoms with van der Waals surface area (Å²) in [5, 5.41) is 14.4. The molecule has 1 fully saturated rings. The number of esters is 1. The Kier molecular flexibility index (Phi) is 8.35. The summed E-state index contributed by atoms with van der Waals surface area (Å²) < 4.78 is 6.25. The zero-order valence-electron chi connectivity index (χ0n) is 24.1. The Morgan fingerprint density at radius 3 is 2.20 bits per heavy atom. The topological polar surface area (TPSA) is 140 Å². The molecule has 2 aliphatic rings. The normalized spacial score (nSPS) is 17.4. The number of β-lactam (4-membered cyclic amide) rings is 1. The lowest BCUT2D eigenvalue weighted by Crippen LogP contribution is -2.70. The molecular weight excluding hydrogens is 641 g/mol. The lowest BCUT2D eigenvalue weighted by molar-refractivity contribution is -0.154. The molecule has 3 aromatic carbocycles. The van der Waals surface area contributed by atoms with E-state index in [1.54, 1.807) is 5.38 Å². The molecule has 46 heavy (non-hydrogen) atoms. The van der Waals surface area contributed by atoms with Crippen LogP contribution in [0, 0.1) is 0 Å². The van der Waals surface area contributed by atoms with Gasteiger partial charge in [-0.3, -0.25) is 14.5 Å². The second-order valence-corrected chi connectivity index (χ2v) is 13.5. The van der Waals surface area contributed by atoms with Gasteiger partial charge in [-0.2, -0.15) is 0 Å². The van der Waals surface area contributed by atoms with E-state index in [0.717, 1.165) is 16.7 Å². The molecule has 5 aromatic rings. The van der Waals surface area contributed by atoms with E-state index >= 15 is 0 Å². The highest BCUT2D eigenvalue weighted by Gasteiger charge is 2.55. The first-order valence-corrected chi connectivity index (χ1v) is 17.1. The number of carbonyl (C=O) groups is 3. The van der Waals surface area contributed by atoms with Crippen molar-refractivity contribution in [2.45, 2.75) is 23.9 Å². The molecule has 3 N–H and O–H groups in total. The molecular formula is C33H26N6O4S3. The van der Waals surface area contributed by atoms with Crippen LogP contribution in [0.25, 0.3) is 16.1 Å². The number of thiazole rings is 1. The average Bonchev–Trinajstić information content (AvgIpc) is 3.75. The summed E-state index contributed by atoms with van der Waals surface area (Å²) in [6.07, 6.45) is -0.725. The van der Waals surface area contributed by atoms with Gasteiger partial charge in [0, 0.05) is 22.3 Å². The number of thioether (sulfide) groups is 1. The van der Waals surface area contributed by atoms with Crippen LogP contribution in [-0.4, -0.2) is 55.0 Å². The van der Waals surface area contributed by atoms with Crippen LogP contribution in [-0.2, 0) is 25.5 Å². The maximum absolute atomic E-state index is 14.3. The summed E-state index contributed by atoms with van der Waals surface area (Å²) in [4.78, 5) is 46.4. The molecule has 0 spiro atoms. The summed E-state index contributed by atoms with van der Waals surface area (Å²) >= 11 is 4.04. The number of hydrogen-bond donors (Lipinski definition) is 2. The van der Waals surface area contributed by atoms with Crippen molar-refractivity contribution < 1.29 is 19.1 Å². The molecule has 1 unspecified atom stereocenters. The predicted octanol–water partition coefficient (Wildman–Crippen LogP) is 4.93. The molecule has 2 amide bonds. The maximum Gasteiger partial charge on any atom is 0.356 e. The summed E-state index contributed by atoms with van der Waals surface area (Å²) in [5.41, 5.74) is 9.38. The molecule has 0 radical (unpaired) electrons. The first-order chi connectivity index (χ1) is 22.5. The SMILES string of the molecule is Nc1nc(CC(=O)NC2C(=O)N3C(C(=O)OC(c4ccccc4)c4ccccc4)=C(c4nnc(-c5ccccc5)s4)CS[C@H]23)cs1. The number of ether oxygens (including phenoxy) is 1. The van der Waals surface area contributed by atoms with Gasteiger partial charge in [-0.05, 0) is 11.1 Å². The molecule has 2 aromatic heterocycles. The number of anilines is 1. The fraction of sp³-hybridized carbons (Fsp3) is 0.152. The van der Waals surface area contributed by atoms with E-state index in [9.17, 15) is 14.4 Å². The Bertz CT molecular complexity index is 1890. The Morgan fingerprint density at radius 1 is 0.935 bits per heavy atom. The quantitative estimate of drug-likeness (QED) is 0.166. The molecule has 0 bridgehead atoms. The number of fused-ring (bicyclic) bond motifs is 1. The first-order valence-electron chi connectivity index (χ1n) is 14.3. The average molecular weight is 667 g/mol. The van der Waals surface area contributed by atoms with Crippen molar-refractivity contribution >= 4 is 62.9 Å². The number of carbonyl (C=O) groups excluding carboxylic acids is 3. The molecule has 10 nitrogen and oxygen atoms in total. The Labute approximate surface area is 276 Å². The molecule has 0 aliphatic carbocycles. The lowest BCUT2D eigenvalue weighted by Gasteiger charge is -2.49. The van der Waals surface area contributed by atoms with Gasteiger partial charge in [0.25, 0.3) is 5.91 Å². The van der Waals surface area contributed by atoms with Crippen molar-refractivity contribution in [3.8, 4) is 10.6 Å². The number of rotatable bonds is 9. The monoisotopic (exact) mass is 666 g/mol. The number of nitrogen functional groups attached to an aromatic ring is 1. The summed E-state index contributed by atoms with van der Waals surface area (Å²) in [6, 6.07) is 27.7. The van der Waals surface area contributed by atoms with E-state index in [4.69, 9.17) is 10.5 Å². The third-order valence-corrected chi connectivity index (χ3v) is 10.6. The minimum Gasteiger partial charge on any atom is -0.448 e. The van der Waals surface area contributed by atoms with Gasteiger partial charge < -0.3 is 15.8 Å². The van der Waals surface area contributed by atoms with Gasteiger partial charge in [-0.1, -0.05) is 102 Å². The highest BCUT2D eigenvalue weighted by atomic mass is 32.2. The maximum atomic E-state index is 14.3. The number of nitrogens with one attached hydrogen (secondary N) is 1. The van der Waals surface area contributed by atoms with Crippen LogP contribution in [0.15, 0.2) is 102 Å². The molecule has 4 heterocycles. The van der Waals surface area contributed by atoms with Crippen molar-refractivity contribution in [2.24, 2.45) is 0 Å². The number of hydrogen-bond acceptors (Lipinski definition) is 11. The molecule has 2 atom stereocenters. The van der Waals surface area contributed by atoms with Gasteiger partial charge >= 0.3 is 5.97 Å². The van der Waals surface area contributed by atoms with Gasteiger partial charge in [-0.15, -0.1) is 33.3 Å². The minimum absolute atomic E-state index is 0.00622. The van der Waals surface area contributed by atoms with Crippen LogP contribution < -0.4 is 11.1 Å². The van der Waals surface area contributed by atoms with Crippen molar-refractivity contribution in [3.05, 3.63) is 124 Å². The first kappa shape index (κ1) is 29.8. The van der Waals surface area contributed by atoms with Crippen LogP contribution >= 0.6 is 34.4 Å². The zero-order valence-corrected chi connectivity index (χ0v) is 26.6. The highest BCUT2D eigenvalue weighted by Crippen LogP contribution is 2.45. The number of nitrogens with two attached hydrogens (primary N) is 1. The Balaban J connectivity index is 1.22. The highest BCUT2D eigenvalue weighted by molar-refractivity contribution is 8.00. The van der Waals surface area contributed by atoms with Gasteiger partial charge in [0.2, 0.25) is 5.91 Å². The third kappa shape index (κ3) is 5.91. The standard InChI is InChI=1S/C33H26N6O4S3/c34-33-35-22(17-45-33)16-24(40)36-25-30(41)39-26(32(42)43-27(19-10-4-1-5-11-19)20-12-6-2-7-13-20)23(18-44-31(25)39)29-38-37-28(46-29)21-14-8-3-9-15-21/h1-15,17,25,27,31H,16,18H2,(H2,34,35)(H,36,40)/t25?,31-/m1/s1. The molecule has 13 heteroatoms. The van der Waals surface area contributed by atoms with Crippen LogP contribution in [0.5, 0.6) is 0 Å². The van der Waals surface area contributed by atoms with Crippen LogP contribution in [0.4, 0.5) is 5.13 Å². The largest absolute Gasteiger partial charge is 0.448 e. The van der Waals surface area contributed by atoms with Crippen molar-refractivity contribution in [1.82, 2.24) is 25.4 Å². The van der Waals surface area contributed by atoms with Gasteiger partial charge in [-0.25, -0.2) is 9.78 Å². The summed E-state index contributed by atoms with van der Waals surface area (Å²) in [6.45, 7) is 0. The second kappa shape index (κ2) is 12.9. The van der Waals surface area contributed by atoms with Gasteiger partial charge in [0.1, 0.15) is 27.1 Å². The summed E-state index contributed by atoms with van der Waals surface area (Å²) in [5.74, 6) is -1.06. The van der Waals surface area contributed by atoms with E-state index in [-0.39, 0.29) is 18.0 Å². The van der Waals surface area contributed by atoms with Gasteiger partial charge in [0.05, 0.1) is 12.1 Å². The van der Waals surface area contributed by atoms with Crippen molar-refractivity contribution in [2.75, 3.05) is 11.5 Å². The molecule has 0 saturated carbocycles. The predicted molar refractivity (Wildman–Crippen MR) is 178 cm³/mol. The van der Waals surface area contributed by atoms with E-state index in [1.807, 2.05) is 91.0 Å². The smallest absolute Gasteiger partial charge is 0.356 e. The fourth-order valence-corrected chi connectivity index (χ4v) is 8.25. The Morgan fingerprint density at radius 2 is 1.57 bits per heavy atom. The number of benzene rings is 3. The summed E-state index contributed by atoms with van der Waals surface area (Å²) in [7, 11) is 0. The third-order valence-electron chi connectivity index (χ3n) is 7.52. The number of nitrogens with zero attached hydrogens (tertiary/aromatic N) is 4. The fourth-order valence-electron chi connectivity index (χ4n) is 5.35.